The van der Waals surface area contributed by atoms with E-state index >= 15 is 0 Å². The number of nitriles is 1. The number of aromatic nitrogens is 1. The second kappa shape index (κ2) is 10.2. The Hall–Kier alpha value is -3.56. The number of hydrogen-bond donors (Lipinski definition) is 1. The van der Waals surface area contributed by atoms with Crippen molar-refractivity contribution in [1.29, 1.82) is 5.26 Å². The van der Waals surface area contributed by atoms with Gasteiger partial charge in [-0.2, -0.15) is 5.26 Å². The Morgan fingerprint density at radius 2 is 1.97 bits per heavy atom. The smallest absolute Gasteiger partial charge is 0.271 e. The monoisotopic (exact) mass is 450 g/mol. The van der Waals surface area contributed by atoms with E-state index in [1.807, 2.05) is 6.07 Å². The first-order valence-corrected chi connectivity index (χ1v) is 10.6. The van der Waals surface area contributed by atoms with Crippen LogP contribution in [0.1, 0.15) is 52.4 Å². The number of ether oxygens (including phenoxy) is 1. The number of aromatic hydroxyl groups is 1. The molecule has 1 heterocycles. The average molecular weight is 451 g/mol. The molecule has 0 saturated heterocycles. The number of halogens is 1. The molecule has 32 heavy (non-hydrogen) atoms. The van der Waals surface area contributed by atoms with Crippen LogP contribution in [-0.4, -0.2) is 22.1 Å². The lowest BCUT2D eigenvalue weighted by molar-refractivity contribution is 0.103. The molecule has 0 aliphatic carbocycles. The quantitative estimate of drug-likeness (QED) is 0.391. The van der Waals surface area contributed by atoms with Crippen LogP contribution < -0.4 is 10.3 Å². The molecule has 6 nitrogen and oxygen atoms in total. The molecular formula is C25H23ClN2O4. The Kier molecular flexibility index (Phi) is 7.34. The van der Waals surface area contributed by atoms with Gasteiger partial charge in [-0.25, -0.2) is 0 Å². The number of benzene rings is 2. The number of carbonyl (C=O) groups excluding carboxylic acids is 1. The lowest BCUT2D eigenvalue weighted by Crippen LogP contribution is -2.27. The zero-order valence-corrected chi connectivity index (χ0v) is 18.6. The molecule has 0 saturated carbocycles. The second-order valence-electron chi connectivity index (χ2n) is 7.35. The van der Waals surface area contributed by atoms with Crippen molar-refractivity contribution in [1.82, 2.24) is 4.57 Å². The predicted octanol–water partition coefficient (Wildman–Crippen LogP) is 4.85. The van der Waals surface area contributed by atoms with E-state index in [0.717, 1.165) is 17.4 Å². The van der Waals surface area contributed by atoms with E-state index in [0.29, 0.717) is 22.9 Å². The number of carbonyl (C=O) groups is 1. The summed E-state index contributed by atoms with van der Waals surface area (Å²) in [7, 11) is 0. The van der Waals surface area contributed by atoms with Gasteiger partial charge < -0.3 is 9.84 Å². The summed E-state index contributed by atoms with van der Waals surface area (Å²) in [5.74, 6) is -0.481. The molecule has 3 aromatic rings. The minimum absolute atomic E-state index is 0.0836. The van der Waals surface area contributed by atoms with Gasteiger partial charge in [-0.3, -0.25) is 14.2 Å². The van der Waals surface area contributed by atoms with Crippen molar-refractivity contribution < 1.29 is 14.6 Å². The van der Waals surface area contributed by atoms with Crippen molar-refractivity contribution in [3.63, 3.8) is 0 Å². The Balaban J connectivity index is 2.10. The van der Waals surface area contributed by atoms with Gasteiger partial charge in [-0.1, -0.05) is 55.3 Å². The van der Waals surface area contributed by atoms with Crippen LogP contribution in [0.25, 0.3) is 0 Å². The second-order valence-corrected chi connectivity index (χ2v) is 7.76. The molecule has 164 valence electrons. The maximum absolute atomic E-state index is 13.4. The van der Waals surface area contributed by atoms with E-state index in [1.165, 1.54) is 6.92 Å². The van der Waals surface area contributed by atoms with Gasteiger partial charge in [0.25, 0.3) is 5.56 Å². The molecule has 7 heteroatoms. The highest BCUT2D eigenvalue weighted by molar-refractivity contribution is 6.31. The van der Waals surface area contributed by atoms with E-state index in [1.54, 1.807) is 48.5 Å². The molecule has 0 unspecified atom stereocenters. The highest BCUT2D eigenvalue weighted by Gasteiger charge is 2.25. The Bertz CT molecular complexity index is 1260. The van der Waals surface area contributed by atoms with Crippen LogP contribution in [0.4, 0.5) is 0 Å². The topological polar surface area (TPSA) is 92.3 Å². The summed E-state index contributed by atoms with van der Waals surface area (Å²) in [6.07, 6.45) is 1.87. The third-order valence-corrected chi connectivity index (χ3v) is 5.55. The molecule has 3 rings (SSSR count). The SMILES string of the molecule is CCCCOc1cccc(C(=O)c2c(C)c(C#N)c(=O)n(Cc3ccccc3Cl)c2O)c1. The Morgan fingerprint density at radius 1 is 1.22 bits per heavy atom. The van der Waals surface area contributed by atoms with Gasteiger partial charge in [-0.15, -0.1) is 0 Å². The summed E-state index contributed by atoms with van der Waals surface area (Å²) in [6.45, 7) is 3.98. The van der Waals surface area contributed by atoms with Crippen LogP contribution in [0, 0.1) is 18.3 Å². The third kappa shape index (κ3) is 4.68. The lowest BCUT2D eigenvalue weighted by Gasteiger charge is -2.16. The third-order valence-electron chi connectivity index (χ3n) is 5.18. The van der Waals surface area contributed by atoms with Crippen molar-refractivity contribution in [3.05, 3.63) is 91.7 Å². The lowest BCUT2D eigenvalue weighted by atomic mass is 9.97. The van der Waals surface area contributed by atoms with Gasteiger partial charge in [0, 0.05) is 10.6 Å². The maximum atomic E-state index is 13.4. The summed E-state index contributed by atoms with van der Waals surface area (Å²) in [6, 6.07) is 15.4. The van der Waals surface area contributed by atoms with Crippen molar-refractivity contribution in [2.45, 2.75) is 33.2 Å². The molecule has 1 N–H and O–H groups in total. The molecule has 0 amide bonds. The van der Waals surface area contributed by atoms with Gasteiger partial charge in [-0.05, 0) is 42.7 Å². The molecule has 1 aromatic heterocycles. The van der Waals surface area contributed by atoms with Crippen molar-refractivity contribution >= 4 is 17.4 Å². The van der Waals surface area contributed by atoms with E-state index in [4.69, 9.17) is 16.3 Å². The van der Waals surface area contributed by atoms with E-state index in [9.17, 15) is 20.0 Å². The summed E-state index contributed by atoms with van der Waals surface area (Å²) in [5, 5.41) is 20.9. The van der Waals surface area contributed by atoms with Crippen LogP contribution >= 0.6 is 11.6 Å². The standard InChI is InChI=1S/C25H23ClN2O4/c1-3-4-12-32-19-10-7-9-17(13-19)23(29)22-16(2)20(14-27)24(30)28(25(22)31)15-18-8-5-6-11-21(18)26/h5-11,13,31H,3-4,12,15H2,1-2H3. The normalized spacial score (nSPS) is 10.6. The number of unbranched alkanes of at least 4 members (excludes halogenated alkanes) is 1. The van der Waals surface area contributed by atoms with Crippen LogP contribution in [0.5, 0.6) is 11.6 Å². The Labute approximate surface area is 191 Å². The van der Waals surface area contributed by atoms with Gasteiger partial charge in [0.1, 0.15) is 17.4 Å². The molecular weight excluding hydrogens is 428 g/mol. The zero-order valence-electron chi connectivity index (χ0n) is 17.9. The van der Waals surface area contributed by atoms with Gasteiger partial charge in [0.05, 0.1) is 18.7 Å². The fourth-order valence-electron chi connectivity index (χ4n) is 3.37. The average Bonchev–Trinajstić information content (AvgIpc) is 2.78. The van der Waals surface area contributed by atoms with Gasteiger partial charge in [0.2, 0.25) is 5.88 Å². The molecule has 0 fully saturated rings. The molecule has 2 aromatic carbocycles. The van der Waals surface area contributed by atoms with Crippen molar-refractivity contribution in [2.75, 3.05) is 6.61 Å². The summed E-state index contributed by atoms with van der Waals surface area (Å²) in [5.41, 5.74) is 0.00376. The largest absolute Gasteiger partial charge is 0.494 e. The molecule has 0 aliphatic heterocycles. The van der Waals surface area contributed by atoms with Crippen LogP contribution in [0.15, 0.2) is 53.3 Å². The minimum atomic E-state index is -0.685. The number of rotatable bonds is 8. The van der Waals surface area contributed by atoms with Gasteiger partial charge in [0.15, 0.2) is 5.78 Å². The first-order valence-electron chi connectivity index (χ1n) is 10.3. The maximum Gasteiger partial charge on any atom is 0.271 e. The fraction of sp³-hybridized carbons (Fsp3) is 0.240. The highest BCUT2D eigenvalue weighted by Crippen LogP contribution is 2.28. The molecule has 0 aliphatic rings. The van der Waals surface area contributed by atoms with Gasteiger partial charge >= 0.3 is 0 Å². The number of pyridine rings is 1. The van der Waals surface area contributed by atoms with Crippen molar-refractivity contribution in [2.24, 2.45) is 0 Å². The van der Waals surface area contributed by atoms with Crippen LogP contribution in [0.3, 0.4) is 0 Å². The summed E-state index contributed by atoms with van der Waals surface area (Å²) >= 11 is 6.21. The molecule has 0 atom stereocenters. The predicted molar refractivity (Wildman–Crippen MR) is 123 cm³/mol. The van der Waals surface area contributed by atoms with E-state index < -0.39 is 17.2 Å². The molecule has 0 radical (unpaired) electrons. The molecule has 0 bridgehead atoms. The molecule has 0 spiro atoms. The van der Waals surface area contributed by atoms with Crippen LogP contribution in [0.2, 0.25) is 5.02 Å². The van der Waals surface area contributed by atoms with E-state index in [-0.39, 0.29) is 28.8 Å². The summed E-state index contributed by atoms with van der Waals surface area (Å²) in [4.78, 5) is 26.2. The van der Waals surface area contributed by atoms with Crippen LogP contribution in [-0.2, 0) is 6.54 Å². The zero-order chi connectivity index (χ0) is 23.3. The number of hydrogen-bond acceptors (Lipinski definition) is 5. The number of nitrogens with zero attached hydrogens (tertiary/aromatic N) is 2. The first kappa shape index (κ1) is 23.1. The first-order chi connectivity index (χ1) is 15.4. The Morgan fingerprint density at radius 3 is 2.66 bits per heavy atom. The minimum Gasteiger partial charge on any atom is -0.494 e. The summed E-state index contributed by atoms with van der Waals surface area (Å²) < 4.78 is 6.68. The fourth-order valence-corrected chi connectivity index (χ4v) is 3.57. The van der Waals surface area contributed by atoms with Crippen molar-refractivity contribution in [3.8, 4) is 17.7 Å². The number of ketones is 1. The highest BCUT2D eigenvalue weighted by atomic mass is 35.5. The van der Waals surface area contributed by atoms with E-state index in [2.05, 4.69) is 6.92 Å².